The molecule has 0 amide bonds. The Morgan fingerprint density at radius 3 is 1.61 bits per heavy atom. The molecule has 0 aromatic rings. The standard InChI is InChI=1S/C9H19NOS.C6H13N.CH3NOS/c1-3-5-7-10(9(11)12)8-6-4-2;7-6-4-2-1-3-5-6;2-1(3)4/h3-8H2,1-2H3,(H,11,12);6H,1-5,7H2;(H3,2,3,4). The van der Waals surface area contributed by atoms with Gasteiger partial charge in [-0.05, 0) is 50.1 Å². The average molecular weight is 366 g/mol. The van der Waals surface area contributed by atoms with Crippen molar-refractivity contribution in [2.45, 2.75) is 77.7 Å². The van der Waals surface area contributed by atoms with Gasteiger partial charge in [0.05, 0.1) is 0 Å². The lowest BCUT2D eigenvalue weighted by Gasteiger charge is -2.20. The third kappa shape index (κ3) is 21.3. The monoisotopic (exact) mass is 365 g/mol. The van der Waals surface area contributed by atoms with Crippen molar-refractivity contribution < 1.29 is 10.2 Å². The summed E-state index contributed by atoms with van der Waals surface area (Å²) >= 11 is 8.60. The van der Waals surface area contributed by atoms with Gasteiger partial charge in [-0.25, -0.2) is 0 Å². The maximum atomic E-state index is 9.12. The summed E-state index contributed by atoms with van der Waals surface area (Å²) in [7, 11) is 0. The molecule has 0 aromatic heterocycles. The molecule has 1 aliphatic carbocycles. The second-order valence-corrected chi connectivity index (χ2v) is 6.50. The molecule has 0 aromatic carbocycles. The highest BCUT2D eigenvalue weighted by atomic mass is 32.1. The first-order valence-corrected chi connectivity index (χ1v) is 9.38. The molecule has 138 valence electrons. The quantitative estimate of drug-likeness (QED) is 0.532. The zero-order chi connectivity index (χ0) is 18.1. The zero-order valence-electron chi connectivity index (χ0n) is 14.7. The number of rotatable bonds is 6. The van der Waals surface area contributed by atoms with Crippen LogP contribution in [0.25, 0.3) is 0 Å². The highest BCUT2D eigenvalue weighted by Crippen LogP contribution is 2.14. The molecule has 1 saturated carbocycles. The number of hydrogen-bond donors (Lipinski definition) is 4. The van der Waals surface area contributed by atoms with Crippen LogP contribution in [-0.4, -0.2) is 44.6 Å². The van der Waals surface area contributed by atoms with Crippen LogP contribution in [0.3, 0.4) is 0 Å². The summed E-state index contributed by atoms with van der Waals surface area (Å²) in [5, 5.41) is 16.2. The largest absolute Gasteiger partial charge is 0.487 e. The molecule has 1 fully saturated rings. The summed E-state index contributed by atoms with van der Waals surface area (Å²) in [5.41, 5.74) is 10.0. The predicted octanol–water partition coefficient (Wildman–Crippen LogP) is 3.80. The van der Waals surface area contributed by atoms with Gasteiger partial charge in [0, 0.05) is 19.1 Å². The molecule has 1 rings (SSSR count). The van der Waals surface area contributed by atoms with E-state index >= 15 is 0 Å². The molecule has 1 aliphatic rings. The Morgan fingerprint density at radius 1 is 1.00 bits per heavy atom. The lowest BCUT2D eigenvalue weighted by molar-refractivity contribution is 0.333. The topological polar surface area (TPSA) is 95.7 Å². The van der Waals surface area contributed by atoms with Gasteiger partial charge in [-0.1, -0.05) is 46.0 Å². The Balaban J connectivity index is 0. The fraction of sp³-hybridized carbons (Fsp3) is 0.875. The minimum Gasteiger partial charge on any atom is -0.487 e. The summed E-state index contributed by atoms with van der Waals surface area (Å²) in [5.74, 6) is 0. The van der Waals surface area contributed by atoms with Crippen molar-refractivity contribution in [2.24, 2.45) is 11.5 Å². The maximum Gasteiger partial charge on any atom is 0.256 e. The second kappa shape index (κ2) is 17.7. The Bertz CT molecular complexity index is 287. The fourth-order valence-corrected chi connectivity index (χ4v) is 2.32. The van der Waals surface area contributed by atoms with Crippen molar-refractivity contribution in [3.8, 4) is 0 Å². The van der Waals surface area contributed by atoms with E-state index in [1.807, 2.05) is 4.90 Å². The third-order valence-electron chi connectivity index (χ3n) is 3.48. The first-order valence-electron chi connectivity index (χ1n) is 8.56. The van der Waals surface area contributed by atoms with E-state index < -0.39 is 5.17 Å². The van der Waals surface area contributed by atoms with Crippen LogP contribution in [0.15, 0.2) is 0 Å². The summed E-state index contributed by atoms with van der Waals surface area (Å²) in [6.07, 6.45) is 11.2. The number of unbranched alkanes of at least 4 members (excludes halogenated alkanes) is 2. The summed E-state index contributed by atoms with van der Waals surface area (Å²) in [4.78, 5) is 1.88. The van der Waals surface area contributed by atoms with Crippen LogP contribution in [-0.2, 0) is 0 Å². The van der Waals surface area contributed by atoms with Crippen LogP contribution < -0.4 is 11.5 Å². The molecule has 0 unspecified atom stereocenters. The van der Waals surface area contributed by atoms with E-state index in [1.165, 1.54) is 32.1 Å². The number of nitrogens with zero attached hydrogens (tertiary/aromatic N) is 1. The van der Waals surface area contributed by atoms with E-state index in [0.717, 1.165) is 38.8 Å². The molecule has 0 heterocycles. The van der Waals surface area contributed by atoms with Gasteiger partial charge >= 0.3 is 0 Å². The molecule has 23 heavy (non-hydrogen) atoms. The maximum absolute atomic E-state index is 9.12. The zero-order valence-corrected chi connectivity index (χ0v) is 16.3. The van der Waals surface area contributed by atoms with Crippen molar-refractivity contribution in [1.82, 2.24) is 4.90 Å². The first kappa shape index (κ1) is 24.6. The van der Waals surface area contributed by atoms with Gasteiger partial charge in [0.1, 0.15) is 0 Å². The van der Waals surface area contributed by atoms with Crippen LogP contribution >= 0.6 is 24.4 Å². The van der Waals surface area contributed by atoms with Crippen molar-refractivity contribution in [1.29, 1.82) is 0 Å². The fourth-order valence-electron chi connectivity index (χ4n) is 2.14. The van der Waals surface area contributed by atoms with E-state index in [0.29, 0.717) is 6.04 Å². The van der Waals surface area contributed by atoms with Gasteiger partial charge in [-0.2, -0.15) is 0 Å². The lowest BCUT2D eigenvalue weighted by atomic mass is 9.97. The molecule has 0 spiro atoms. The number of thiocarbonyl (C=S) groups is 2. The molecule has 0 radical (unpaired) electrons. The Kier molecular flexibility index (Phi) is 18.9. The van der Waals surface area contributed by atoms with E-state index in [2.05, 4.69) is 31.8 Å². The van der Waals surface area contributed by atoms with Gasteiger partial charge in [-0.15, -0.1) is 0 Å². The molecular formula is C16H35N3O2S2. The Morgan fingerprint density at radius 2 is 1.39 bits per heavy atom. The predicted molar refractivity (Wildman–Crippen MR) is 107 cm³/mol. The smallest absolute Gasteiger partial charge is 0.256 e. The van der Waals surface area contributed by atoms with Crippen LogP contribution in [0.5, 0.6) is 0 Å². The van der Waals surface area contributed by atoms with Gasteiger partial charge in [0.15, 0.2) is 0 Å². The minimum atomic E-state index is -0.500. The lowest BCUT2D eigenvalue weighted by Crippen LogP contribution is -2.31. The second-order valence-electron chi connectivity index (χ2n) is 5.71. The Labute approximate surface area is 152 Å². The first-order chi connectivity index (χ1) is 10.8. The molecule has 0 aliphatic heterocycles. The summed E-state index contributed by atoms with van der Waals surface area (Å²) < 4.78 is 0. The molecule has 0 bridgehead atoms. The summed E-state index contributed by atoms with van der Waals surface area (Å²) in [6.45, 7) is 6.06. The number of hydrogen-bond acceptors (Lipinski definition) is 3. The highest BCUT2D eigenvalue weighted by molar-refractivity contribution is 7.80. The van der Waals surface area contributed by atoms with Gasteiger partial charge in [-0.3, -0.25) is 0 Å². The SMILES string of the molecule is CCCCN(CCCC)C(O)=S.NC(O)=S.NC1CCCCC1. The van der Waals surface area contributed by atoms with Crippen LogP contribution in [0.2, 0.25) is 0 Å². The van der Waals surface area contributed by atoms with Gasteiger partial charge in [0.25, 0.3) is 10.3 Å². The van der Waals surface area contributed by atoms with E-state index in [1.54, 1.807) is 0 Å². The van der Waals surface area contributed by atoms with Crippen molar-refractivity contribution in [3.05, 3.63) is 0 Å². The van der Waals surface area contributed by atoms with E-state index in [4.69, 9.17) is 28.2 Å². The van der Waals surface area contributed by atoms with Crippen LogP contribution in [0.1, 0.15) is 71.6 Å². The van der Waals surface area contributed by atoms with Crippen LogP contribution in [0.4, 0.5) is 0 Å². The van der Waals surface area contributed by atoms with Crippen LogP contribution in [0, 0.1) is 0 Å². The molecule has 5 nitrogen and oxygen atoms in total. The normalized spacial score (nSPS) is 13.9. The molecule has 6 N–H and O–H groups in total. The van der Waals surface area contributed by atoms with Gasteiger partial charge < -0.3 is 26.6 Å². The number of nitrogens with two attached hydrogens (primary N) is 2. The molecular weight excluding hydrogens is 330 g/mol. The Hall–Kier alpha value is -0.660. The van der Waals surface area contributed by atoms with Crippen molar-refractivity contribution in [3.63, 3.8) is 0 Å². The number of aliphatic hydroxyl groups excluding tert-OH is 2. The molecule has 7 heteroatoms. The average Bonchev–Trinajstić information content (AvgIpc) is 2.48. The number of aliphatic hydroxyl groups is 2. The van der Waals surface area contributed by atoms with E-state index in [-0.39, 0.29) is 5.17 Å². The molecule has 0 atom stereocenters. The minimum absolute atomic E-state index is 0.0527. The third-order valence-corrected chi connectivity index (χ3v) is 3.74. The summed E-state index contributed by atoms with van der Waals surface area (Å²) in [6, 6.07) is 0.536. The van der Waals surface area contributed by atoms with E-state index in [9.17, 15) is 0 Å². The highest BCUT2D eigenvalue weighted by Gasteiger charge is 2.06. The van der Waals surface area contributed by atoms with Crippen molar-refractivity contribution in [2.75, 3.05) is 13.1 Å². The van der Waals surface area contributed by atoms with Gasteiger partial charge in [0.2, 0.25) is 0 Å². The van der Waals surface area contributed by atoms with Crippen molar-refractivity contribution >= 4 is 34.8 Å². The molecule has 0 saturated heterocycles.